The molecule has 0 saturated carbocycles. The van der Waals surface area contributed by atoms with Crippen LogP contribution in [-0.2, 0) is 0 Å². The van der Waals surface area contributed by atoms with Crippen molar-refractivity contribution in [3.05, 3.63) is 60.9 Å². The lowest BCUT2D eigenvalue weighted by atomic mass is 10.3. The molecule has 0 aliphatic heterocycles. The number of fused-ring (bicyclic) bond motifs is 1. The van der Waals surface area contributed by atoms with Gasteiger partial charge in [0.2, 0.25) is 5.88 Å². The molecule has 2 aromatic heterocycles. The van der Waals surface area contributed by atoms with Gasteiger partial charge in [0.1, 0.15) is 17.6 Å². The Balaban J connectivity index is 2.23. The average Bonchev–Trinajstić information content (AvgIpc) is 2.85. The average molecular weight is 242 g/mol. The van der Waals surface area contributed by atoms with Crippen molar-refractivity contribution >= 4 is 5.52 Å². The normalized spacial score (nSPS) is 12.7. The Labute approximate surface area is 105 Å². The van der Waals surface area contributed by atoms with E-state index in [1.807, 2.05) is 25.3 Å². The highest BCUT2D eigenvalue weighted by atomic mass is 16.5. The summed E-state index contributed by atoms with van der Waals surface area (Å²) in [6.45, 7) is 5.40. The van der Waals surface area contributed by atoms with E-state index in [-0.39, 0.29) is 0 Å². The fraction of sp³-hybridized carbons (Fsp3) is 0.0769. The molecule has 0 fully saturated rings. The molecule has 2 N–H and O–H groups in total. The van der Waals surface area contributed by atoms with Crippen LogP contribution in [0, 0.1) is 0 Å². The molecule has 0 radical (unpaired) electrons. The summed E-state index contributed by atoms with van der Waals surface area (Å²) in [6, 6.07) is 3.77. The lowest BCUT2D eigenvalue weighted by Gasteiger charge is -2.05. The fourth-order valence-corrected chi connectivity index (χ4v) is 1.39. The standard InChI is InChI=1S/C13H14N4O/c1-3-11(14)7-6-10(2)18-13-12-5-4-8-17(12)16-9-15-13/h3-9H,1,14H2,2H3/b10-6+,11-7+. The first-order valence-corrected chi connectivity index (χ1v) is 5.43. The molecular formula is C13H14N4O. The first kappa shape index (κ1) is 11.9. The Hall–Kier alpha value is -2.56. The number of rotatable bonds is 4. The summed E-state index contributed by atoms with van der Waals surface area (Å²) in [5.74, 6) is 1.19. The molecule has 0 spiro atoms. The Morgan fingerprint density at radius 2 is 2.33 bits per heavy atom. The lowest BCUT2D eigenvalue weighted by Crippen LogP contribution is -1.99. The molecule has 18 heavy (non-hydrogen) atoms. The van der Waals surface area contributed by atoms with Crippen molar-refractivity contribution in [2.24, 2.45) is 5.73 Å². The van der Waals surface area contributed by atoms with E-state index in [2.05, 4.69) is 16.7 Å². The third-order valence-electron chi connectivity index (χ3n) is 2.30. The third kappa shape index (κ3) is 2.57. The fourth-order valence-electron chi connectivity index (χ4n) is 1.39. The first-order chi connectivity index (χ1) is 8.70. The smallest absolute Gasteiger partial charge is 0.246 e. The summed E-state index contributed by atoms with van der Waals surface area (Å²) < 4.78 is 7.33. The van der Waals surface area contributed by atoms with E-state index in [0.717, 1.165) is 5.52 Å². The van der Waals surface area contributed by atoms with E-state index in [1.54, 1.807) is 22.7 Å². The van der Waals surface area contributed by atoms with Crippen LogP contribution in [0.25, 0.3) is 5.52 Å². The molecule has 2 rings (SSSR count). The highest BCUT2D eigenvalue weighted by molar-refractivity contribution is 5.55. The summed E-state index contributed by atoms with van der Waals surface area (Å²) in [6.07, 6.45) is 8.33. The molecule has 0 aromatic carbocycles. The van der Waals surface area contributed by atoms with Gasteiger partial charge in [-0.05, 0) is 37.3 Å². The quantitative estimate of drug-likeness (QED) is 0.658. The van der Waals surface area contributed by atoms with Gasteiger partial charge < -0.3 is 10.5 Å². The second-order valence-corrected chi connectivity index (χ2v) is 3.65. The van der Waals surface area contributed by atoms with Gasteiger partial charge in [0.05, 0.1) is 0 Å². The van der Waals surface area contributed by atoms with E-state index in [9.17, 15) is 0 Å². The van der Waals surface area contributed by atoms with E-state index in [1.165, 1.54) is 6.33 Å². The number of hydrogen-bond donors (Lipinski definition) is 1. The molecule has 2 heterocycles. The van der Waals surface area contributed by atoms with Crippen molar-refractivity contribution in [2.45, 2.75) is 6.92 Å². The minimum atomic E-state index is 0.509. The van der Waals surface area contributed by atoms with Crippen molar-refractivity contribution in [2.75, 3.05) is 0 Å². The van der Waals surface area contributed by atoms with E-state index in [0.29, 0.717) is 17.3 Å². The van der Waals surface area contributed by atoms with Crippen LogP contribution in [0.15, 0.2) is 60.9 Å². The van der Waals surface area contributed by atoms with Gasteiger partial charge in [-0.1, -0.05) is 6.58 Å². The number of nitrogens with two attached hydrogens (primary N) is 1. The number of ether oxygens (including phenoxy) is 1. The largest absolute Gasteiger partial charge is 0.442 e. The monoisotopic (exact) mass is 242 g/mol. The van der Waals surface area contributed by atoms with Crippen molar-refractivity contribution in [1.82, 2.24) is 14.6 Å². The SMILES string of the molecule is C=C/C(N)=C\C=C(/C)Oc1ncnn2cccc12. The molecule has 0 aliphatic rings. The molecular weight excluding hydrogens is 228 g/mol. The minimum Gasteiger partial charge on any atom is -0.442 e. The molecule has 0 aliphatic carbocycles. The van der Waals surface area contributed by atoms with Crippen molar-refractivity contribution in [3.8, 4) is 5.88 Å². The molecule has 0 bridgehead atoms. The van der Waals surface area contributed by atoms with Crippen LogP contribution >= 0.6 is 0 Å². The first-order valence-electron chi connectivity index (χ1n) is 5.43. The summed E-state index contributed by atoms with van der Waals surface area (Å²) in [5.41, 5.74) is 6.99. The zero-order valence-corrected chi connectivity index (χ0v) is 10.1. The maximum absolute atomic E-state index is 5.64. The second kappa shape index (κ2) is 5.18. The summed E-state index contributed by atoms with van der Waals surface area (Å²) in [4.78, 5) is 4.10. The number of allylic oxidation sites excluding steroid dienone is 4. The number of aromatic nitrogens is 3. The lowest BCUT2D eigenvalue weighted by molar-refractivity contribution is 0.412. The van der Waals surface area contributed by atoms with Gasteiger partial charge in [0.15, 0.2) is 0 Å². The van der Waals surface area contributed by atoms with Crippen LogP contribution in [0.3, 0.4) is 0 Å². The Kier molecular flexibility index (Phi) is 3.43. The molecule has 5 nitrogen and oxygen atoms in total. The highest BCUT2D eigenvalue weighted by Gasteiger charge is 2.04. The molecule has 0 amide bonds. The van der Waals surface area contributed by atoms with Crippen LogP contribution in [0.4, 0.5) is 0 Å². The molecule has 0 atom stereocenters. The Morgan fingerprint density at radius 1 is 1.50 bits per heavy atom. The van der Waals surface area contributed by atoms with Crippen LogP contribution in [0.2, 0.25) is 0 Å². The van der Waals surface area contributed by atoms with Gasteiger partial charge in [-0.3, -0.25) is 0 Å². The Bertz CT molecular complexity index is 625. The number of hydrogen-bond acceptors (Lipinski definition) is 4. The molecule has 2 aromatic rings. The third-order valence-corrected chi connectivity index (χ3v) is 2.30. The predicted octanol–water partition coefficient (Wildman–Crippen LogP) is 2.04. The molecule has 5 heteroatoms. The summed E-state index contributed by atoms with van der Waals surface area (Å²) >= 11 is 0. The molecule has 0 saturated heterocycles. The zero-order chi connectivity index (χ0) is 13.0. The van der Waals surface area contributed by atoms with Crippen molar-refractivity contribution in [3.63, 3.8) is 0 Å². The van der Waals surface area contributed by atoms with Gasteiger partial charge in [-0.2, -0.15) is 10.1 Å². The maximum atomic E-state index is 5.64. The van der Waals surface area contributed by atoms with Gasteiger partial charge in [0, 0.05) is 11.9 Å². The van der Waals surface area contributed by atoms with Crippen LogP contribution < -0.4 is 10.5 Å². The summed E-state index contributed by atoms with van der Waals surface area (Å²) in [7, 11) is 0. The number of nitrogens with zero attached hydrogens (tertiary/aromatic N) is 3. The predicted molar refractivity (Wildman–Crippen MR) is 69.8 cm³/mol. The van der Waals surface area contributed by atoms with Gasteiger partial charge in [-0.25, -0.2) is 4.52 Å². The van der Waals surface area contributed by atoms with Gasteiger partial charge in [0.25, 0.3) is 0 Å². The van der Waals surface area contributed by atoms with Crippen LogP contribution in [-0.4, -0.2) is 14.6 Å². The molecule has 0 unspecified atom stereocenters. The minimum absolute atomic E-state index is 0.509. The molecule has 92 valence electrons. The Morgan fingerprint density at radius 3 is 3.11 bits per heavy atom. The van der Waals surface area contributed by atoms with E-state index >= 15 is 0 Å². The highest BCUT2D eigenvalue weighted by Crippen LogP contribution is 2.17. The summed E-state index contributed by atoms with van der Waals surface area (Å²) in [5, 5.41) is 4.06. The van der Waals surface area contributed by atoms with Crippen molar-refractivity contribution < 1.29 is 4.74 Å². The van der Waals surface area contributed by atoms with Crippen molar-refractivity contribution in [1.29, 1.82) is 0 Å². The second-order valence-electron chi connectivity index (χ2n) is 3.65. The van der Waals surface area contributed by atoms with Crippen LogP contribution in [0.5, 0.6) is 5.88 Å². The topological polar surface area (TPSA) is 65.4 Å². The van der Waals surface area contributed by atoms with Gasteiger partial charge in [-0.15, -0.1) is 0 Å². The maximum Gasteiger partial charge on any atom is 0.246 e. The van der Waals surface area contributed by atoms with Crippen LogP contribution in [0.1, 0.15) is 6.92 Å². The zero-order valence-electron chi connectivity index (χ0n) is 10.1. The van der Waals surface area contributed by atoms with E-state index in [4.69, 9.17) is 10.5 Å². The van der Waals surface area contributed by atoms with Gasteiger partial charge >= 0.3 is 0 Å². The van der Waals surface area contributed by atoms with E-state index < -0.39 is 0 Å².